The molecular weight excluding hydrogens is 348 g/mol. The second kappa shape index (κ2) is 9.17. The Kier molecular flexibility index (Phi) is 7.09. The normalized spacial score (nSPS) is 34.6. The topological polar surface area (TPSA) is 53.6 Å². The number of aryl methyl sites for hydroxylation is 1. The smallest absolute Gasteiger partial charge is 0.0934 e. The Balaban J connectivity index is 1.63. The molecule has 0 bridgehead atoms. The summed E-state index contributed by atoms with van der Waals surface area (Å²) < 4.78 is 5.16. The molecule has 3 rings (SSSR count). The minimum absolute atomic E-state index is 0.0587. The third-order valence-electron chi connectivity index (χ3n) is 8.12. The predicted molar refractivity (Wildman–Crippen MR) is 114 cm³/mol. The third kappa shape index (κ3) is 4.74. The lowest BCUT2D eigenvalue weighted by molar-refractivity contribution is -0.0537. The van der Waals surface area contributed by atoms with E-state index in [9.17, 15) is 10.2 Å². The summed E-state index contributed by atoms with van der Waals surface area (Å²) in [7, 11) is 0. The van der Waals surface area contributed by atoms with Gasteiger partial charge in [0.25, 0.3) is 0 Å². The summed E-state index contributed by atoms with van der Waals surface area (Å²) in [5.41, 5.74) is 2.97. The van der Waals surface area contributed by atoms with Crippen LogP contribution in [-0.4, -0.2) is 23.4 Å². The third-order valence-corrected chi connectivity index (χ3v) is 8.12. The fraction of sp³-hybridized carbons (Fsp3) is 0.760. The molecule has 0 aliphatic heterocycles. The number of allylic oxidation sites excluding steroid dienone is 1. The fourth-order valence-corrected chi connectivity index (χ4v) is 6.42. The van der Waals surface area contributed by atoms with E-state index in [0.29, 0.717) is 24.4 Å². The fourth-order valence-electron chi connectivity index (χ4n) is 6.42. The van der Waals surface area contributed by atoms with Crippen LogP contribution in [0.5, 0.6) is 0 Å². The van der Waals surface area contributed by atoms with Gasteiger partial charge in [-0.1, -0.05) is 32.4 Å². The van der Waals surface area contributed by atoms with Gasteiger partial charge in [0.15, 0.2) is 0 Å². The van der Waals surface area contributed by atoms with Gasteiger partial charge in [-0.3, -0.25) is 0 Å². The van der Waals surface area contributed by atoms with E-state index in [1.807, 2.05) is 12.3 Å². The first-order valence-corrected chi connectivity index (χ1v) is 11.3. The Morgan fingerprint density at radius 1 is 1.29 bits per heavy atom. The van der Waals surface area contributed by atoms with Crippen molar-refractivity contribution >= 4 is 0 Å². The molecule has 1 aromatic heterocycles. The highest BCUT2D eigenvalue weighted by Gasteiger charge is 2.50. The first-order valence-electron chi connectivity index (χ1n) is 11.3. The molecule has 2 aliphatic rings. The van der Waals surface area contributed by atoms with Crippen LogP contribution in [0.4, 0.5) is 0 Å². The molecule has 0 spiro atoms. The van der Waals surface area contributed by atoms with Crippen molar-refractivity contribution in [2.75, 3.05) is 13.2 Å². The zero-order valence-electron chi connectivity index (χ0n) is 18.0. The maximum Gasteiger partial charge on any atom is 0.0934 e. The molecule has 2 aliphatic carbocycles. The number of hydrogen-bond acceptors (Lipinski definition) is 3. The lowest BCUT2D eigenvalue weighted by atomic mass is 9.53. The number of aliphatic hydroxyl groups excluding tert-OH is 2. The van der Waals surface area contributed by atoms with Gasteiger partial charge in [0.2, 0.25) is 0 Å². The van der Waals surface area contributed by atoms with Crippen LogP contribution in [0.25, 0.3) is 0 Å². The average molecular weight is 389 g/mol. The van der Waals surface area contributed by atoms with Crippen LogP contribution in [0.1, 0.15) is 77.2 Å². The van der Waals surface area contributed by atoms with Gasteiger partial charge in [0.05, 0.1) is 12.5 Å². The minimum Gasteiger partial charge on any atom is -0.472 e. The SMILES string of the molecule is C=C1CCC2[C@](C)(CO)CCC[C@]2(C)CC1C[C@@H](CO)CCCc1ccoc1. The summed E-state index contributed by atoms with van der Waals surface area (Å²) in [5, 5.41) is 20.1. The Labute approximate surface area is 171 Å². The van der Waals surface area contributed by atoms with E-state index in [1.54, 1.807) is 6.26 Å². The van der Waals surface area contributed by atoms with Gasteiger partial charge in [0.1, 0.15) is 0 Å². The van der Waals surface area contributed by atoms with Crippen molar-refractivity contribution < 1.29 is 14.6 Å². The van der Waals surface area contributed by atoms with Gasteiger partial charge in [-0.25, -0.2) is 0 Å². The second-order valence-electron chi connectivity index (χ2n) is 10.3. The van der Waals surface area contributed by atoms with Crippen LogP contribution in [0, 0.1) is 28.6 Å². The Morgan fingerprint density at radius 3 is 2.79 bits per heavy atom. The molecule has 3 nitrogen and oxygen atoms in total. The zero-order chi connectivity index (χ0) is 20.2. The van der Waals surface area contributed by atoms with Crippen molar-refractivity contribution in [3.05, 3.63) is 36.3 Å². The monoisotopic (exact) mass is 388 g/mol. The van der Waals surface area contributed by atoms with E-state index in [1.165, 1.54) is 30.4 Å². The number of fused-ring (bicyclic) bond motifs is 1. The molecule has 0 aromatic carbocycles. The average Bonchev–Trinajstić information content (AvgIpc) is 3.14. The highest BCUT2D eigenvalue weighted by Crippen LogP contribution is 2.58. The van der Waals surface area contributed by atoms with Gasteiger partial charge < -0.3 is 14.6 Å². The molecule has 0 saturated heterocycles. The van der Waals surface area contributed by atoms with Gasteiger partial charge in [-0.05, 0) is 98.0 Å². The highest BCUT2D eigenvalue weighted by atomic mass is 16.3. The largest absolute Gasteiger partial charge is 0.472 e. The van der Waals surface area contributed by atoms with Crippen LogP contribution in [0.3, 0.4) is 0 Å². The molecule has 2 unspecified atom stereocenters. The summed E-state index contributed by atoms with van der Waals surface area (Å²) in [6, 6.07) is 2.03. The van der Waals surface area contributed by atoms with Crippen molar-refractivity contribution in [1.29, 1.82) is 0 Å². The van der Waals surface area contributed by atoms with E-state index >= 15 is 0 Å². The summed E-state index contributed by atoms with van der Waals surface area (Å²) in [4.78, 5) is 0. The van der Waals surface area contributed by atoms with Crippen molar-refractivity contribution in [2.45, 2.75) is 78.1 Å². The molecule has 2 saturated carbocycles. The molecule has 2 N–H and O–H groups in total. The Morgan fingerprint density at radius 2 is 2.11 bits per heavy atom. The quantitative estimate of drug-likeness (QED) is 0.557. The molecule has 0 radical (unpaired) electrons. The predicted octanol–water partition coefficient (Wildman–Crippen LogP) is 5.76. The molecule has 1 heterocycles. The van der Waals surface area contributed by atoms with Gasteiger partial charge >= 0.3 is 0 Å². The molecular formula is C25H40O3. The van der Waals surface area contributed by atoms with Crippen LogP contribution in [0.15, 0.2) is 35.2 Å². The van der Waals surface area contributed by atoms with Crippen LogP contribution in [-0.2, 0) is 6.42 Å². The van der Waals surface area contributed by atoms with Crippen LogP contribution >= 0.6 is 0 Å². The van der Waals surface area contributed by atoms with Crippen molar-refractivity contribution in [3.63, 3.8) is 0 Å². The molecule has 5 atom stereocenters. The lowest BCUT2D eigenvalue weighted by Crippen LogP contribution is -2.45. The molecule has 0 amide bonds. The number of aliphatic hydroxyl groups is 2. The Bertz CT molecular complexity index is 622. The lowest BCUT2D eigenvalue weighted by Gasteiger charge is -2.52. The molecule has 158 valence electrons. The number of hydrogen-bond donors (Lipinski definition) is 2. The van der Waals surface area contributed by atoms with Crippen LogP contribution in [0.2, 0.25) is 0 Å². The molecule has 1 aromatic rings. The molecule has 3 heteroatoms. The minimum atomic E-state index is 0.0587. The molecule has 28 heavy (non-hydrogen) atoms. The highest BCUT2D eigenvalue weighted by molar-refractivity contribution is 5.11. The first-order chi connectivity index (χ1) is 13.4. The summed E-state index contributed by atoms with van der Waals surface area (Å²) >= 11 is 0. The maximum absolute atomic E-state index is 10.1. The van der Waals surface area contributed by atoms with E-state index in [0.717, 1.165) is 44.9 Å². The van der Waals surface area contributed by atoms with E-state index in [-0.39, 0.29) is 17.4 Å². The maximum atomic E-state index is 10.1. The van der Waals surface area contributed by atoms with Gasteiger partial charge in [-0.2, -0.15) is 0 Å². The van der Waals surface area contributed by atoms with Crippen molar-refractivity contribution in [3.8, 4) is 0 Å². The molecule has 2 fully saturated rings. The zero-order valence-corrected chi connectivity index (χ0v) is 18.0. The first kappa shape index (κ1) is 21.6. The number of furan rings is 1. The van der Waals surface area contributed by atoms with E-state index in [4.69, 9.17) is 4.42 Å². The Hall–Kier alpha value is -1.06. The van der Waals surface area contributed by atoms with Gasteiger partial charge in [0, 0.05) is 13.2 Å². The van der Waals surface area contributed by atoms with Crippen molar-refractivity contribution in [1.82, 2.24) is 0 Å². The van der Waals surface area contributed by atoms with Crippen molar-refractivity contribution in [2.24, 2.45) is 28.6 Å². The number of rotatable bonds is 8. The van der Waals surface area contributed by atoms with Crippen LogP contribution < -0.4 is 0 Å². The second-order valence-corrected chi connectivity index (χ2v) is 10.3. The summed E-state index contributed by atoms with van der Waals surface area (Å²) in [6.45, 7) is 9.80. The summed E-state index contributed by atoms with van der Waals surface area (Å²) in [5.74, 6) is 1.43. The van der Waals surface area contributed by atoms with E-state index < -0.39 is 0 Å². The summed E-state index contributed by atoms with van der Waals surface area (Å²) in [6.07, 6.45) is 14.8. The van der Waals surface area contributed by atoms with E-state index in [2.05, 4.69) is 20.4 Å². The standard InChI is InChI=1S/C25H40O3/c1-19-8-9-23-24(2,11-5-12-25(23,3)18-27)15-22(19)14-21(16-26)7-4-6-20-10-13-28-17-20/h10,13,17,21-23,26-27H,1,4-9,11-12,14-16,18H2,2-3H3/t21-,22?,23?,24+,25-/m0/s1. The van der Waals surface area contributed by atoms with Gasteiger partial charge in [-0.15, -0.1) is 0 Å².